The van der Waals surface area contributed by atoms with Gasteiger partial charge in [0.05, 0.1) is 5.56 Å². The van der Waals surface area contributed by atoms with Crippen LogP contribution < -0.4 is 5.32 Å². The molecule has 1 fully saturated rings. The van der Waals surface area contributed by atoms with Crippen molar-refractivity contribution < 1.29 is 9.18 Å². The van der Waals surface area contributed by atoms with Crippen LogP contribution in [0.3, 0.4) is 0 Å². The molecular weight excluding hydrogens is 347 g/mol. The van der Waals surface area contributed by atoms with Gasteiger partial charge in [-0.25, -0.2) is 4.39 Å². The van der Waals surface area contributed by atoms with Gasteiger partial charge in [0.2, 0.25) is 5.82 Å². The summed E-state index contributed by atoms with van der Waals surface area (Å²) >= 11 is 0. The topological polar surface area (TPSA) is 86.8 Å². The number of carbonyl (C=O) groups excluding carboxylic acids is 1. The first-order valence-electron chi connectivity index (χ1n) is 8.85. The molecule has 1 aliphatic rings. The van der Waals surface area contributed by atoms with E-state index in [1.54, 1.807) is 18.2 Å². The lowest BCUT2D eigenvalue weighted by Gasteiger charge is -2.34. The van der Waals surface area contributed by atoms with Crippen LogP contribution in [0.4, 0.5) is 10.1 Å². The number of tetrazole rings is 1. The molecule has 7 nitrogen and oxygen atoms in total. The van der Waals surface area contributed by atoms with E-state index in [9.17, 15) is 9.18 Å². The SMILES string of the molecule is O=C(c1ccccc1-c1nn[nH]n1)N1CCCC(Nc2ccc(F)cc2)C1. The van der Waals surface area contributed by atoms with Gasteiger partial charge in [0.15, 0.2) is 0 Å². The molecule has 2 heterocycles. The van der Waals surface area contributed by atoms with Gasteiger partial charge >= 0.3 is 0 Å². The second-order valence-corrected chi connectivity index (χ2v) is 6.52. The second-order valence-electron chi connectivity index (χ2n) is 6.52. The number of benzene rings is 2. The number of anilines is 1. The van der Waals surface area contributed by atoms with E-state index < -0.39 is 0 Å². The number of carbonyl (C=O) groups is 1. The number of hydrogen-bond donors (Lipinski definition) is 2. The lowest BCUT2D eigenvalue weighted by Crippen LogP contribution is -2.45. The standard InChI is InChI=1S/C19H19FN6O/c20-13-7-9-14(10-8-13)21-15-4-3-11-26(12-15)19(27)17-6-2-1-5-16(17)18-22-24-25-23-18/h1-2,5-10,15,21H,3-4,11-12H2,(H,22,23,24,25). The molecule has 0 bridgehead atoms. The van der Waals surface area contributed by atoms with Gasteiger partial charge in [-0.15, -0.1) is 10.2 Å². The first-order valence-corrected chi connectivity index (χ1v) is 8.85. The Bertz CT molecular complexity index is 912. The third-order valence-electron chi connectivity index (χ3n) is 4.67. The van der Waals surface area contributed by atoms with Crippen molar-refractivity contribution >= 4 is 11.6 Å². The molecule has 0 saturated carbocycles. The lowest BCUT2D eigenvalue weighted by atomic mass is 10.0. The van der Waals surface area contributed by atoms with E-state index in [-0.39, 0.29) is 17.8 Å². The highest BCUT2D eigenvalue weighted by atomic mass is 19.1. The minimum atomic E-state index is -0.265. The highest BCUT2D eigenvalue weighted by molar-refractivity contribution is 6.00. The molecule has 1 saturated heterocycles. The predicted molar refractivity (Wildman–Crippen MR) is 98.6 cm³/mol. The van der Waals surface area contributed by atoms with Crippen LogP contribution in [0.2, 0.25) is 0 Å². The molecule has 2 aromatic carbocycles. The summed E-state index contributed by atoms with van der Waals surface area (Å²) in [6, 6.07) is 13.7. The number of amides is 1. The Labute approximate surface area is 155 Å². The van der Waals surface area contributed by atoms with Crippen LogP contribution in [0, 0.1) is 5.82 Å². The minimum absolute atomic E-state index is 0.0546. The fourth-order valence-corrected chi connectivity index (χ4v) is 3.37. The maximum Gasteiger partial charge on any atom is 0.254 e. The number of aromatic amines is 1. The number of H-pyrrole nitrogens is 1. The maximum absolute atomic E-state index is 13.1. The molecule has 1 amide bonds. The average molecular weight is 366 g/mol. The van der Waals surface area contributed by atoms with Crippen molar-refractivity contribution in [1.82, 2.24) is 25.5 Å². The molecule has 0 spiro atoms. The zero-order valence-electron chi connectivity index (χ0n) is 14.6. The number of piperidine rings is 1. The Balaban J connectivity index is 1.50. The van der Waals surface area contributed by atoms with Crippen LogP contribution in [-0.4, -0.2) is 50.6 Å². The largest absolute Gasteiger partial charge is 0.381 e. The third-order valence-corrected chi connectivity index (χ3v) is 4.67. The molecule has 1 atom stereocenters. The number of likely N-dealkylation sites (tertiary alicyclic amines) is 1. The Morgan fingerprint density at radius 2 is 2.00 bits per heavy atom. The van der Waals surface area contributed by atoms with Gasteiger partial charge < -0.3 is 10.2 Å². The van der Waals surface area contributed by atoms with Gasteiger partial charge in [-0.05, 0) is 48.4 Å². The summed E-state index contributed by atoms with van der Waals surface area (Å²) in [6.45, 7) is 1.28. The van der Waals surface area contributed by atoms with Crippen molar-refractivity contribution in [2.45, 2.75) is 18.9 Å². The summed E-state index contributed by atoms with van der Waals surface area (Å²) in [5.74, 6) is 0.0806. The summed E-state index contributed by atoms with van der Waals surface area (Å²) in [6.07, 6.45) is 1.85. The Hall–Kier alpha value is -3.29. The Morgan fingerprint density at radius 3 is 2.78 bits per heavy atom. The van der Waals surface area contributed by atoms with Crippen LogP contribution >= 0.6 is 0 Å². The number of nitrogens with one attached hydrogen (secondary N) is 2. The first-order chi connectivity index (χ1) is 13.2. The van der Waals surface area contributed by atoms with E-state index >= 15 is 0 Å². The normalized spacial score (nSPS) is 16.9. The lowest BCUT2D eigenvalue weighted by molar-refractivity contribution is 0.0715. The van der Waals surface area contributed by atoms with Crippen LogP contribution in [-0.2, 0) is 0 Å². The summed E-state index contributed by atoms with van der Waals surface area (Å²) in [5.41, 5.74) is 2.06. The molecule has 2 N–H and O–H groups in total. The van der Waals surface area contributed by atoms with Gasteiger partial charge in [0.25, 0.3) is 5.91 Å². The number of hydrogen-bond acceptors (Lipinski definition) is 5. The van der Waals surface area contributed by atoms with Gasteiger partial charge in [0, 0.05) is 30.4 Å². The maximum atomic E-state index is 13.1. The summed E-state index contributed by atoms with van der Waals surface area (Å²) in [4.78, 5) is 15.0. The molecule has 3 aromatic rings. The summed E-state index contributed by atoms with van der Waals surface area (Å²) in [5, 5.41) is 17.4. The smallest absolute Gasteiger partial charge is 0.254 e. The van der Waals surface area contributed by atoms with Gasteiger partial charge in [-0.2, -0.15) is 5.21 Å². The fraction of sp³-hybridized carbons (Fsp3) is 0.263. The van der Waals surface area contributed by atoms with E-state index in [0.29, 0.717) is 30.0 Å². The van der Waals surface area contributed by atoms with E-state index in [2.05, 4.69) is 25.9 Å². The van der Waals surface area contributed by atoms with Crippen molar-refractivity contribution in [3.63, 3.8) is 0 Å². The second kappa shape index (κ2) is 7.53. The highest BCUT2D eigenvalue weighted by Gasteiger charge is 2.26. The van der Waals surface area contributed by atoms with Crippen LogP contribution in [0.25, 0.3) is 11.4 Å². The predicted octanol–water partition coefficient (Wildman–Crippen LogP) is 2.72. The van der Waals surface area contributed by atoms with E-state index in [1.165, 1.54) is 12.1 Å². The minimum Gasteiger partial charge on any atom is -0.381 e. The quantitative estimate of drug-likeness (QED) is 0.741. The average Bonchev–Trinajstić information content (AvgIpc) is 3.24. The molecule has 1 aromatic heterocycles. The molecular formula is C19H19FN6O. The van der Waals surface area contributed by atoms with Crippen molar-refractivity contribution in [2.75, 3.05) is 18.4 Å². The Kier molecular flexibility index (Phi) is 4.78. The fourth-order valence-electron chi connectivity index (χ4n) is 3.37. The first kappa shape index (κ1) is 17.1. The number of rotatable bonds is 4. The van der Waals surface area contributed by atoms with E-state index in [4.69, 9.17) is 0 Å². The third kappa shape index (κ3) is 3.79. The molecule has 0 radical (unpaired) electrons. The number of nitrogens with zero attached hydrogens (tertiary/aromatic N) is 4. The summed E-state index contributed by atoms with van der Waals surface area (Å²) in [7, 11) is 0. The van der Waals surface area contributed by atoms with Crippen molar-refractivity contribution in [3.05, 3.63) is 59.9 Å². The van der Waals surface area contributed by atoms with Gasteiger partial charge in [0.1, 0.15) is 5.82 Å². The van der Waals surface area contributed by atoms with E-state index in [1.807, 2.05) is 23.1 Å². The number of halogens is 1. The molecule has 8 heteroatoms. The van der Waals surface area contributed by atoms with Crippen molar-refractivity contribution in [3.8, 4) is 11.4 Å². The van der Waals surface area contributed by atoms with E-state index in [0.717, 1.165) is 18.5 Å². The van der Waals surface area contributed by atoms with Gasteiger partial charge in [-0.1, -0.05) is 18.2 Å². The molecule has 1 unspecified atom stereocenters. The van der Waals surface area contributed by atoms with Crippen molar-refractivity contribution in [2.24, 2.45) is 0 Å². The van der Waals surface area contributed by atoms with Gasteiger partial charge in [-0.3, -0.25) is 4.79 Å². The van der Waals surface area contributed by atoms with Crippen LogP contribution in [0.1, 0.15) is 23.2 Å². The summed E-state index contributed by atoms with van der Waals surface area (Å²) < 4.78 is 13.1. The van der Waals surface area contributed by atoms with Crippen LogP contribution in [0.5, 0.6) is 0 Å². The Morgan fingerprint density at radius 1 is 1.19 bits per heavy atom. The zero-order chi connectivity index (χ0) is 18.6. The zero-order valence-corrected chi connectivity index (χ0v) is 14.6. The number of aromatic nitrogens is 4. The highest BCUT2D eigenvalue weighted by Crippen LogP contribution is 2.23. The monoisotopic (exact) mass is 366 g/mol. The molecule has 138 valence electrons. The molecule has 1 aliphatic heterocycles. The molecule has 4 rings (SSSR count). The molecule has 27 heavy (non-hydrogen) atoms. The van der Waals surface area contributed by atoms with Crippen LogP contribution in [0.15, 0.2) is 48.5 Å². The van der Waals surface area contributed by atoms with Crippen molar-refractivity contribution in [1.29, 1.82) is 0 Å². The molecule has 0 aliphatic carbocycles.